The summed E-state index contributed by atoms with van der Waals surface area (Å²) in [5.74, 6) is 6.63. The average molecular weight is 235 g/mol. The molecule has 0 atom stereocenters. The van der Waals surface area contributed by atoms with Gasteiger partial charge in [0.25, 0.3) is 0 Å². The number of azide groups is 1. The molecule has 0 aromatic heterocycles. The molecule has 0 aliphatic heterocycles. The van der Waals surface area contributed by atoms with Crippen LogP contribution in [0.3, 0.4) is 0 Å². The summed E-state index contributed by atoms with van der Waals surface area (Å²) in [4.78, 5) is 3.85. The molecule has 0 unspecified atom stereocenters. The van der Waals surface area contributed by atoms with Crippen LogP contribution in [0.15, 0.2) is 34.3 Å². The summed E-state index contributed by atoms with van der Waals surface area (Å²) < 4.78 is 0. The molecule has 0 radical (unpaired) electrons. The highest BCUT2D eigenvalue weighted by Gasteiger charge is 1.93. The zero-order chi connectivity index (χ0) is 10.9. The fraction of sp³-hybridized carbons (Fsp3) is 0.200. The zero-order valence-electron chi connectivity index (χ0n) is 8.17. The van der Waals surface area contributed by atoms with Crippen molar-refractivity contribution < 1.29 is 0 Å². The molecule has 1 rings (SSSR count). The van der Waals surface area contributed by atoms with Crippen LogP contribution in [0.1, 0.15) is 6.92 Å². The highest BCUT2D eigenvalue weighted by molar-refractivity contribution is 8.76. The Kier molecular flexibility index (Phi) is 5.64. The molecule has 3 nitrogen and oxygen atoms in total. The first kappa shape index (κ1) is 11.9. The number of benzene rings is 1. The van der Waals surface area contributed by atoms with Crippen LogP contribution < -0.4 is 0 Å². The molecule has 0 N–H and O–H groups in total. The van der Waals surface area contributed by atoms with Crippen molar-refractivity contribution in [3.05, 3.63) is 34.7 Å². The summed E-state index contributed by atoms with van der Waals surface area (Å²) in [5.41, 5.74) is 8.86. The first-order valence-electron chi connectivity index (χ1n) is 4.21. The average Bonchev–Trinajstić information content (AvgIpc) is 2.27. The van der Waals surface area contributed by atoms with Crippen LogP contribution in [-0.2, 0) is 0 Å². The van der Waals surface area contributed by atoms with Gasteiger partial charge in [-0.2, -0.15) is 0 Å². The van der Waals surface area contributed by atoms with E-state index >= 15 is 0 Å². The molecule has 1 aromatic rings. The van der Waals surface area contributed by atoms with Crippen molar-refractivity contribution in [1.82, 2.24) is 0 Å². The quantitative estimate of drug-likeness (QED) is 0.194. The Labute approximate surface area is 96.7 Å². The van der Waals surface area contributed by atoms with Gasteiger partial charge in [0.05, 0.1) is 5.75 Å². The molecule has 5 heteroatoms. The topological polar surface area (TPSA) is 48.8 Å². The van der Waals surface area contributed by atoms with Crippen LogP contribution in [0, 0.1) is 11.8 Å². The number of hydrogen-bond acceptors (Lipinski definition) is 3. The Balaban J connectivity index is 2.48. The third kappa shape index (κ3) is 4.71. The van der Waals surface area contributed by atoms with E-state index in [4.69, 9.17) is 5.53 Å². The molecule has 0 spiro atoms. The maximum atomic E-state index is 8.22. The SMILES string of the molecule is CC#CCSSc1ccc(N=[N+]=[N-])cc1. The monoisotopic (exact) mass is 235 g/mol. The van der Waals surface area contributed by atoms with E-state index in [-0.39, 0.29) is 0 Å². The predicted molar refractivity (Wildman–Crippen MR) is 67.0 cm³/mol. The first-order valence-corrected chi connectivity index (χ1v) is 6.53. The minimum Gasteiger partial charge on any atom is -0.106 e. The molecule has 0 saturated heterocycles. The minimum atomic E-state index is 0.639. The van der Waals surface area contributed by atoms with Crippen LogP contribution in [0.2, 0.25) is 0 Å². The fourth-order valence-corrected chi connectivity index (χ4v) is 2.56. The standard InChI is InChI=1S/C10H9N3S2/c1-2-3-8-14-15-10-6-4-9(5-7-10)12-13-11/h4-7H,8H2,1H3. The van der Waals surface area contributed by atoms with E-state index in [0.29, 0.717) is 5.69 Å². The van der Waals surface area contributed by atoms with Gasteiger partial charge in [0, 0.05) is 15.5 Å². The van der Waals surface area contributed by atoms with Crippen LogP contribution in [-0.4, -0.2) is 5.75 Å². The van der Waals surface area contributed by atoms with E-state index in [0.717, 1.165) is 10.6 Å². The number of rotatable bonds is 4. The van der Waals surface area contributed by atoms with Gasteiger partial charge in [-0.25, -0.2) is 0 Å². The third-order valence-electron chi connectivity index (χ3n) is 1.46. The van der Waals surface area contributed by atoms with Crippen LogP contribution in [0.25, 0.3) is 10.4 Å². The minimum absolute atomic E-state index is 0.639. The van der Waals surface area contributed by atoms with Crippen LogP contribution in [0.4, 0.5) is 5.69 Å². The van der Waals surface area contributed by atoms with Crippen LogP contribution >= 0.6 is 21.6 Å². The van der Waals surface area contributed by atoms with Gasteiger partial charge in [-0.05, 0) is 24.6 Å². The van der Waals surface area contributed by atoms with Crippen molar-refractivity contribution >= 4 is 27.3 Å². The van der Waals surface area contributed by atoms with Crippen molar-refractivity contribution in [2.45, 2.75) is 11.8 Å². The summed E-state index contributed by atoms with van der Waals surface area (Å²) in [6.07, 6.45) is 0. The van der Waals surface area contributed by atoms with Gasteiger partial charge < -0.3 is 0 Å². The lowest BCUT2D eigenvalue weighted by atomic mass is 10.3. The van der Waals surface area contributed by atoms with Gasteiger partial charge in [-0.1, -0.05) is 44.8 Å². The van der Waals surface area contributed by atoms with E-state index in [1.807, 2.05) is 19.1 Å². The van der Waals surface area contributed by atoms with E-state index in [1.165, 1.54) is 0 Å². The highest BCUT2D eigenvalue weighted by atomic mass is 33.1. The molecular weight excluding hydrogens is 226 g/mol. The third-order valence-corrected chi connectivity index (χ3v) is 3.59. The summed E-state index contributed by atoms with van der Waals surface area (Å²) in [5, 5.41) is 3.50. The largest absolute Gasteiger partial charge is 0.106 e. The van der Waals surface area contributed by atoms with Crippen molar-refractivity contribution in [2.24, 2.45) is 5.11 Å². The molecule has 0 bridgehead atoms. The smallest absolute Gasteiger partial charge is 0.0654 e. The van der Waals surface area contributed by atoms with E-state index in [1.54, 1.807) is 33.7 Å². The molecule has 0 fully saturated rings. The Bertz CT molecular complexity index is 411. The second-order valence-corrected chi connectivity index (χ2v) is 4.83. The van der Waals surface area contributed by atoms with Gasteiger partial charge in [0.15, 0.2) is 0 Å². The molecule has 0 saturated carbocycles. The van der Waals surface area contributed by atoms with Crippen molar-refractivity contribution in [3.63, 3.8) is 0 Å². The molecule has 0 heterocycles. The van der Waals surface area contributed by atoms with Crippen LogP contribution in [0.5, 0.6) is 0 Å². The Hall–Kier alpha value is -1.21. The molecule has 15 heavy (non-hydrogen) atoms. The summed E-state index contributed by atoms with van der Waals surface area (Å²) in [6.45, 7) is 1.83. The number of hydrogen-bond donors (Lipinski definition) is 0. The van der Waals surface area contributed by atoms with E-state index in [9.17, 15) is 0 Å². The molecular formula is C10H9N3S2. The lowest BCUT2D eigenvalue weighted by Crippen LogP contribution is -1.69. The summed E-state index contributed by atoms with van der Waals surface area (Å²) in [7, 11) is 3.36. The molecule has 76 valence electrons. The molecule has 1 aromatic carbocycles. The second kappa shape index (κ2) is 7.13. The fourth-order valence-electron chi connectivity index (χ4n) is 0.819. The predicted octanol–water partition coefficient (Wildman–Crippen LogP) is 4.39. The van der Waals surface area contributed by atoms with Crippen molar-refractivity contribution in [2.75, 3.05) is 5.75 Å². The molecule has 0 aliphatic carbocycles. The maximum Gasteiger partial charge on any atom is 0.0654 e. The summed E-state index contributed by atoms with van der Waals surface area (Å²) >= 11 is 0. The number of nitrogens with zero attached hydrogens (tertiary/aromatic N) is 3. The Morgan fingerprint density at radius 2 is 2.13 bits per heavy atom. The van der Waals surface area contributed by atoms with E-state index in [2.05, 4.69) is 21.9 Å². The second-order valence-electron chi connectivity index (χ2n) is 2.46. The zero-order valence-corrected chi connectivity index (χ0v) is 9.81. The Morgan fingerprint density at radius 1 is 1.40 bits per heavy atom. The normalized spacial score (nSPS) is 8.60. The van der Waals surface area contributed by atoms with Gasteiger partial charge in [0.1, 0.15) is 0 Å². The van der Waals surface area contributed by atoms with Crippen molar-refractivity contribution in [1.29, 1.82) is 0 Å². The van der Waals surface area contributed by atoms with Gasteiger partial charge >= 0.3 is 0 Å². The van der Waals surface area contributed by atoms with Gasteiger partial charge in [0.2, 0.25) is 0 Å². The molecule has 0 aliphatic rings. The highest BCUT2D eigenvalue weighted by Crippen LogP contribution is 2.31. The maximum absolute atomic E-state index is 8.22. The molecule has 0 amide bonds. The van der Waals surface area contributed by atoms with E-state index < -0.39 is 0 Å². The van der Waals surface area contributed by atoms with Gasteiger partial charge in [-0.15, -0.1) is 5.92 Å². The Morgan fingerprint density at radius 3 is 2.73 bits per heavy atom. The van der Waals surface area contributed by atoms with Crippen molar-refractivity contribution in [3.8, 4) is 11.8 Å². The lowest BCUT2D eigenvalue weighted by molar-refractivity contribution is 1.41. The lowest BCUT2D eigenvalue weighted by Gasteiger charge is -1.97. The first-order chi connectivity index (χ1) is 7.36. The van der Waals surface area contributed by atoms with Gasteiger partial charge in [-0.3, -0.25) is 0 Å². The summed E-state index contributed by atoms with van der Waals surface area (Å²) in [6, 6.07) is 7.46.